The number of amides is 1. The van der Waals surface area contributed by atoms with Crippen LogP contribution in [-0.4, -0.2) is 41.8 Å². The van der Waals surface area contributed by atoms with E-state index in [1.165, 1.54) is 0 Å². The lowest BCUT2D eigenvalue weighted by Gasteiger charge is -2.14. The Hall–Kier alpha value is -1.56. The second-order valence-corrected chi connectivity index (χ2v) is 3.51. The molecule has 1 amide bonds. The smallest absolute Gasteiger partial charge is 0.242 e. The Kier molecular flexibility index (Phi) is 4.78. The Balaban J connectivity index is 2.37. The van der Waals surface area contributed by atoms with Crippen LogP contribution in [0.3, 0.4) is 0 Å². The van der Waals surface area contributed by atoms with E-state index in [0.29, 0.717) is 19.1 Å². The fraction of sp³-hybridized carbons (Fsp3) is 0.600. The van der Waals surface area contributed by atoms with E-state index in [1.807, 2.05) is 17.8 Å². The second kappa shape index (κ2) is 6.12. The number of nitrogens with zero attached hydrogens (tertiary/aromatic N) is 2. The van der Waals surface area contributed by atoms with Crippen LogP contribution >= 0.6 is 0 Å². The Bertz CT molecular complexity index is 337. The van der Waals surface area contributed by atoms with Crippen molar-refractivity contribution in [3.8, 4) is 0 Å². The zero-order valence-corrected chi connectivity index (χ0v) is 9.86. The van der Waals surface area contributed by atoms with Crippen LogP contribution in [0.4, 0.5) is 5.95 Å². The molecular formula is C10H18N4O2. The molecule has 0 aliphatic heterocycles. The summed E-state index contributed by atoms with van der Waals surface area (Å²) >= 11 is 0. The highest BCUT2D eigenvalue weighted by Gasteiger charge is 2.13. The van der Waals surface area contributed by atoms with Crippen LogP contribution in [-0.2, 0) is 16.6 Å². The van der Waals surface area contributed by atoms with Gasteiger partial charge in [-0.25, -0.2) is 4.98 Å². The zero-order valence-electron chi connectivity index (χ0n) is 9.86. The fourth-order valence-corrected chi connectivity index (χ4v) is 1.19. The van der Waals surface area contributed by atoms with Crippen molar-refractivity contribution in [3.05, 3.63) is 12.4 Å². The number of methoxy groups -OCH3 is 1. The van der Waals surface area contributed by atoms with Crippen molar-refractivity contribution < 1.29 is 9.53 Å². The summed E-state index contributed by atoms with van der Waals surface area (Å²) in [4.78, 5) is 15.7. The number of hydrogen-bond acceptors (Lipinski definition) is 4. The number of anilines is 1. The van der Waals surface area contributed by atoms with Gasteiger partial charge in [0.1, 0.15) is 6.04 Å². The zero-order chi connectivity index (χ0) is 12.0. The van der Waals surface area contributed by atoms with Gasteiger partial charge in [0.2, 0.25) is 11.9 Å². The number of carbonyl (C=O) groups is 1. The molecule has 1 atom stereocenters. The van der Waals surface area contributed by atoms with Gasteiger partial charge in [-0.15, -0.1) is 0 Å². The summed E-state index contributed by atoms with van der Waals surface area (Å²) in [5.41, 5.74) is 0. The minimum Gasteiger partial charge on any atom is -0.383 e. The molecule has 0 spiro atoms. The number of hydrogen-bond donors (Lipinski definition) is 2. The lowest BCUT2D eigenvalue weighted by Crippen LogP contribution is -2.39. The van der Waals surface area contributed by atoms with E-state index >= 15 is 0 Å². The van der Waals surface area contributed by atoms with Gasteiger partial charge in [0.25, 0.3) is 0 Å². The van der Waals surface area contributed by atoms with Crippen LogP contribution in [0, 0.1) is 0 Å². The van der Waals surface area contributed by atoms with E-state index in [9.17, 15) is 4.79 Å². The number of ether oxygens (including phenoxy) is 1. The Labute approximate surface area is 95.0 Å². The number of rotatable bonds is 6. The summed E-state index contributed by atoms with van der Waals surface area (Å²) in [5, 5.41) is 5.77. The van der Waals surface area contributed by atoms with Gasteiger partial charge >= 0.3 is 0 Å². The number of carbonyl (C=O) groups excluding carboxylic acids is 1. The topological polar surface area (TPSA) is 68.2 Å². The van der Waals surface area contributed by atoms with E-state index in [1.54, 1.807) is 20.2 Å². The SMILES string of the molecule is COCCNC(=O)C(C)Nc1nccn1C. The number of imidazole rings is 1. The lowest BCUT2D eigenvalue weighted by molar-refractivity contribution is -0.121. The monoisotopic (exact) mass is 226 g/mol. The highest BCUT2D eigenvalue weighted by molar-refractivity contribution is 5.83. The average Bonchev–Trinajstić information content (AvgIpc) is 2.64. The van der Waals surface area contributed by atoms with Gasteiger partial charge in [-0.3, -0.25) is 4.79 Å². The van der Waals surface area contributed by atoms with Crippen LogP contribution in [0.1, 0.15) is 6.92 Å². The molecule has 1 aromatic heterocycles. The Morgan fingerprint density at radius 1 is 1.69 bits per heavy atom. The van der Waals surface area contributed by atoms with Gasteiger partial charge in [0.15, 0.2) is 0 Å². The van der Waals surface area contributed by atoms with Crippen molar-refractivity contribution in [2.75, 3.05) is 25.6 Å². The minimum atomic E-state index is -0.321. The van der Waals surface area contributed by atoms with Crippen molar-refractivity contribution in [2.24, 2.45) is 7.05 Å². The molecule has 0 aliphatic rings. The van der Waals surface area contributed by atoms with E-state index in [0.717, 1.165) is 0 Å². The lowest BCUT2D eigenvalue weighted by atomic mass is 10.3. The summed E-state index contributed by atoms with van der Waals surface area (Å²) in [5.74, 6) is 0.606. The second-order valence-electron chi connectivity index (χ2n) is 3.51. The predicted molar refractivity (Wildman–Crippen MR) is 61.2 cm³/mol. The van der Waals surface area contributed by atoms with Gasteiger partial charge in [0.05, 0.1) is 6.61 Å². The van der Waals surface area contributed by atoms with Crippen molar-refractivity contribution in [1.82, 2.24) is 14.9 Å². The quantitative estimate of drug-likeness (QED) is 0.669. The third-order valence-electron chi connectivity index (χ3n) is 2.17. The van der Waals surface area contributed by atoms with Gasteiger partial charge in [-0.2, -0.15) is 0 Å². The van der Waals surface area contributed by atoms with Crippen LogP contribution in [0.25, 0.3) is 0 Å². The highest BCUT2D eigenvalue weighted by Crippen LogP contribution is 2.02. The summed E-state index contributed by atoms with van der Waals surface area (Å²) in [6, 6.07) is -0.321. The molecule has 0 saturated heterocycles. The number of nitrogens with one attached hydrogen (secondary N) is 2. The molecule has 1 heterocycles. The molecule has 0 fully saturated rings. The standard InChI is InChI=1S/C10H18N4O2/c1-8(9(15)11-5-7-16-3)13-10-12-4-6-14(10)2/h4,6,8H,5,7H2,1-3H3,(H,11,15)(H,12,13). The third kappa shape index (κ3) is 3.54. The molecule has 1 aromatic rings. The molecule has 0 bridgehead atoms. The number of aromatic nitrogens is 2. The van der Waals surface area contributed by atoms with Crippen LogP contribution in [0.5, 0.6) is 0 Å². The van der Waals surface area contributed by atoms with E-state index < -0.39 is 0 Å². The molecule has 6 nitrogen and oxygen atoms in total. The van der Waals surface area contributed by atoms with Crippen LogP contribution in [0.2, 0.25) is 0 Å². The summed E-state index contributed by atoms with van der Waals surface area (Å²) in [6.45, 7) is 2.82. The molecule has 0 radical (unpaired) electrons. The van der Waals surface area contributed by atoms with Gasteiger partial charge in [-0.05, 0) is 6.92 Å². The van der Waals surface area contributed by atoms with E-state index in [2.05, 4.69) is 15.6 Å². The predicted octanol–water partition coefficient (Wildman–Crippen LogP) is -0.0169. The first-order chi connectivity index (χ1) is 7.65. The van der Waals surface area contributed by atoms with Crippen molar-refractivity contribution >= 4 is 11.9 Å². The summed E-state index contributed by atoms with van der Waals surface area (Å²) < 4.78 is 6.66. The third-order valence-corrected chi connectivity index (χ3v) is 2.17. The minimum absolute atomic E-state index is 0.0694. The van der Waals surface area contributed by atoms with Crippen molar-refractivity contribution in [3.63, 3.8) is 0 Å². The molecular weight excluding hydrogens is 208 g/mol. The Morgan fingerprint density at radius 2 is 2.44 bits per heavy atom. The molecule has 0 aromatic carbocycles. The molecule has 16 heavy (non-hydrogen) atoms. The molecule has 0 aliphatic carbocycles. The highest BCUT2D eigenvalue weighted by atomic mass is 16.5. The largest absolute Gasteiger partial charge is 0.383 e. The molecule has 90 valence electrons. The van der Waals surface area contributed by atoms with Crippen LogP contribution in [0.15, 0.2) is 12.4 Å². The van der Waals surface area contributed by atoms with Crippen LogP contribution < -0.4 is 10.6 Å². The van der Waals surface area contributed by atoms with Crippen molar-refractivity contribution in [1.29, 1.82) is 0 Å². The number of aryl methyl sites for hydroxylation is 1. The van der Waals surface area contributed by atoms with Gasteiger partial charge in [0, 0.05) is 33.1 Å². The maximum absolute atomic E-state index is 11.6. The van der Waals surface area contributed by atoms with Gasteiger partial charge in [-0.1, -0.05) is 0 Å². The summed E-state index contributed by atoms with van der Waals surface area (Å²) in [7, 11) is 3.46. The first kappa shape index (κ1) is 12.5. The molecule has 2 N–H and O–H groups in total. The van der Waals surface area contributed by atoms with Gasteiger partial charge < -0.3 is 19.9 Å². The van der Waals surface area contributed by atoms with E-state index in [-0.39, 0.29) is 11.9 Å². The fourth-order valence-electron chi connectivity index (χ4n) is 1.19. The maximum Gasteiger partial charge on any atom is 0.242 e. The summed E-state index contributed by atoms with van der Waals surface area (Å²) in [6.07, 6.45) is 3.50. The normalized spacial score (nSPS) is 12.2. The molecule has 1 unspecified atom stereocenters. The average molecular weight is 226 g/mol. The van der Waals surface area contributed by atoms with Crippen molar-refractivity contribution in [2.45, 2.75) is 13.0 Å². The first-order valence-corrected chi connectivity index (χ1v) is 5.15. The molecule has 1 rings (SSSR count). The maximum atomic E-state index is 11.6. The Morgan fingerprint density at radius 3 is 3.00 bits per heavy atom. The first-order valence-electron chi connectivity index (χ1n) is 5.15. The molecule has 6 heteroatoms. The molecule has 0 saturated carbocycles. The van der Waals surface area contributed by atoms with E-state index in [4.69, 9.17) is 4.74 Å².